The van der Waals surface area contributed by atoms with Crippen molar-refractivity contribution in [2.24, 2.45) is 0 Å². The number of ketones is 1. The molecular formula is C21H26O. The van der Waals surface area contributed by atoms with Gasteiger partial charge >= 0.3 is 0 Å². The van der Waals surface area contributed by atoms with Crippen LogP contribution in [0.25, 0.3) is 0 Å². The van der Waals surface area contributed by atoms with E-state index in [1.165, 1.54) is 11.1 Å². The fourth-order valence-electron chi connectivity index (χ4n) is 3.03. The molecule has 0 bridgehead atoms. The van der Waals surface area contributed by atoms with E-state index in [2.05, 4.69) is 52.0 Å². The molecule has 0 atom stereocenters. The van der Waals surface area contributed by atoms with Gasteiger partial charge < -0.3 is 0 Å². The van der Waals surface area contributed by atoms with Crippen LogP contribution >= 0.6 is 0 Å². The van der Waals surface area contributed by atoms with Gasteiger partial charge in [0, 0.05) is 12.8 Å². The Kier molecular flexibility index (Phi) is 4.85. The normalized spacial score (nSPS) is 12.2. The Morgan fingerprint density at radius 1 is 0.682 bits per heavy atom. The Balaban J connectivity index is 2.07. The summed E-state index contributed by atoms with van der Waals surface area (Å²) in [6, 6.07) is 20.6. The van der Waals surface area contributed by atoms with Crippen molar-refractivity contribution < 1.29 is 4.79 Å². The highest BCUT2D eigenvalue weighted by Gasteiger charge is 2.29. The Hall–Kier alpha value is -1.89. The van der Waals surface area contributed by atoms with Crippen LogP contribution in [0.3, 0.4) is 0 Å². The van der Waals surface area contributed by atoms with Crippen LogP contribution in [0.1, 0.15) is 51.7 Å². The molecule has 0 unspecified atom stereocenters. The zero-order valence-electron chi connectivity index (χ0n) is 14.1. The molecule has 0 aromatic heterocycles. The summed E-state index contributed by atoms with van der Waals surface area (Å²) in [6.07, 6.45) is 1.15. The van der Waals surface area contributed by atoms with E-state index in [1.54, 1.807) is 0 Å². The molecule has 0 spiro atoms. The first-order valence-electron chi connectivity index (χ1n) is 7.94. The summed E-state index contributed by atoms with van der Waals surface area (Å²) in [7, 11) is 0. The van der Waals surface area contributed by atoms with E-state index in [-0.39, 0.29) is 10.8 Å². The Bertz CT molecular complexity index is 553. The van der Waals surface area contributed by atoms with Crippen molar-refractivity contribution in [3.05, 3.63) is 71.8 Å². The van der Waals surface area contributed by atoms with Crippen molar-refractivity contribution in [1.29, 1.82) is 0 Å². The quantitative estimate of drug-likeness (QED) is 0.707. The van der Waals surface area contributed by atoms with Crippen LogP contribution in [-0.2, 0) is 15.6 Å². The van der Waals surface area contributed by atoms with Crippen LogP contribution in [0.5, 0.6) is 0 Å². The number of Topliss-reactive ketones (excluding diaryl/α,β-unsaturated/α-hetero) is 1. The first-order chi connectivity index (χ1) is 10.3. The third-order valence-corrected chi connectivity index (χ3v) is 4.39. The molecule has 0 aliphatic carbocycles. The third-order valence-electron chi connectivity index (χ3n) is 4.39. The predicted molar refractivity (Wildman–Crippen MR) is 93.2 cm³/mol. The topological polar surface area (TPSA) is 17.1 Å². The van der Waals surface area contributed by atoms with Gasteiger partial charge in [-0.1, -0.05) is 88.4 Å². The highest BCUT2D eigenvalue weighted by Crippen LogP contribution is 2.32. The second-order valence-electron chi connectivity index (χ2n) is 7.39. The van der Waals surface area contributed by atoms with Gasteiger partial charge in [0.1, 0.15) is 5.78 Å². The molecule has 0 aliphatic heterocycles. The average molecular weight is 294 g/mol. The summed E-state index contributed by atoms with van der Waals surface area (Å²) < 4.78 is 0. The summed E-state index contributed by atoms with van der Waals surface area (Å²) in [5.74, 6) is 0.322. The van der Waals surface area contributed by atoms with Crippen molar-refractivity contribution in [3.8, 4) is 0 Å². The van der Waals surface area contributed by atoms with Crippen molar-refractivity contribution in [1.82, 2.24) is 0 Å². The monoisotopic (exact) mass is 294 g/mol. The van der Waals surface area contributed by atoms with Gasteiger partial charge in [-0.2, -0.15) is 0 Å². The van der Waals surface area contributed by atoms with E-state index in [1.807, 2.05) is 36.4 Å². The molecule has 1 heteroatoms. The Morgan fingerprint density at radius 2 is 1.00 bits per heavy atom. The van der Waals surface area contributed by atoms with Gasteiger partial charge in [-0.15, -0.1) is 0 Å². The number of benzene rings is 2. The smallest absolute Gasteiger partial charge is 0.134 e. The maximum Gasteiger partial charge on any atom is 0.134 e. The molecular weight excluding hydrogens is 268 g/mol. The van der Waals surface area contributed by atoms with Gasteiger partial charge in [-0.25, -0.2) is 0 Å². The van der Waals surface area contributed by atoms with Crippen molar-refractivity contribution in [2.45, 2.75) is 51.4 Å². The summed E-state index contributed by atoms with van der Waals surface area (Å²) in [4.78, 5) is 12.6. The lowest BCUT2D eigenvalue weighted by Gasteiger charge is -2.28. The van der Waals surface area contributed by atoms with E-state index >= 15 is 0 Å². The molecule has 0 aliphatic rings. The second-order valence-corrected chi connectivity index (χ2v) is 7.39. The number of carbonyl (C=O) groups is 1. The lowest BCUT2D eigenvalue weighted by atomic mass is 9.75. The van der Waals surface area contributed by atoms with Gasteiger partial charge in [-0.05, 0) is 22.0 Å². The van der Waals surface area contributed by atoms with Crippen molar-refractivity contribution in [3.63, 3.8) is 0 Å². The third kappa shape index (κ3) is 4.07. The highest BCUT2D eigenvalue weighted by molar-refractivity contribution is 5.81. The molecule has 0 saturated heterocycles. The van der Waals surface area contributed by atoms with E-state index in [0.717, 1.165) is 0 Å². The van der Waals surface area contributed by atoms with Crippen molar-refractivity contribution in [2.75, 3.05) is 0 Å². The van der Waals surface area contributed by atoms with Gasteiger partial charge in [0.2, 0.25) is 0 Å². The minimum Gasteiger partial charge on any atom is -0.300 e. The van der Waals surface area contributed by atoms with E-state index in [0.29, 0.717) is 18.6 Å². The highest BCUT2D eigenvalue weighted by atomic mass is 16.1. The van der Waals surface area contributed by atoms with E-state index < -0.39 is 0 Å². The van der Waals surface area contributed by atoms with Crippen LogP contribution in [0.2, 0.25) is 0 Å². The predicted octanol–water partition coefficient (Wildman–Crippen LogP) is 5.29. The lowest BCUT2D eigenvalue weighted by molar-refractivity contribution is -0.121. The second kappa shape index (κ2) is 6.48. The summed E-state index contributed by atoms with van der Waals surface area (Å²) >= 11 is 0. The maximum atomic E-state index is 12.6. The molecule has 0 heterocycles. The summed E-state index contributed by atoms with van der Waals surface area (Å²) in [5, 5.41) is 0. The summed E-state index contributed by atoms with van der Waals surface area (Å²) in [6.45, 7) is 8.59. The van der Waals surface area contributed by atoms with Crippen LogP contribution in [0.4, 0.5) is 0 Å². The molecule has 116 valence electrons. The number of hydrogen-bond acceptors (Lipinski definition) is 1. The molecule has 0 N–H and O–H groups in total. The molecule has 0 saturated carbocycles. The molecule has 2 aromatic carbocycles. The molecule has 0 amide bonds. The molecule has 2 rings (SSSR count). The number of hydrogen-bond donors (Lipinski definition) is 0. The van der Waals surface area contributed by atoms with Gasteiger partial charge in [0.25, 0.3) is 0 Å². The molecule has 22 heavy (non-hydrogen) atoms. The Morgan fingerprint density at radius 3 is 1.32 bits per heavy atom. The standard InChI is InChI=1S/C21H26O/c1-20(2,17-11-7-5-8-12-17)15-19(22)16-21(3,4)18-13-9-6-10-14-18/h5-14H,15-16H2,1-4H3. The van der Waals surface area contributed by atoms with Crippen LogP contribution in [0, 0.1) is 0 Å². The first kappa shape index (κ1) is 16.5. The maximum absolute atomic E-state index is 12.6. The van der Waals surface area contributed by atoms with Crippen LogP contribution < -0.4 is 0 Å². The fourth-order valence-corrected chi connectivity index (χ4v) is 3.03. The number of carbonyl (C=O) groups excluding carboxylic acids is 1. The zero-order valence-corrected chi connectivity index (χ0v) is 14.1. The minimum atomic E-state index is -0.120. The number of rotatable bonds is 6. The zero-order chi connectivity index (χ0) is 16.2. The summed E-state index contributed by atoms with van der Waals surface area (Å²) in [5.41, 5.74) is 2.21. The molecule has 1 nitrogen and oxygen atoms in total. The van der Waals surface area contributed by atoms with E-state index in [9.17, 15) is 4.79 Å². The molecule has 0 fully saturated rings. The fraction of sp³-hybridized carbons (Fsp3) is 0.381. The average Bonchev–Trinajstić information content (AvgIpc) is 2.48. The minimum absolute atomic E-state index is 0.120. The van der Waals surface area contributed by atoms with Crippen molar-refractivity contribution >= 4 is 5.78 Å². The Labute approximate surface area is 134 Å². The van der Waals surface area contributed by atoms with Gasteiger partial charge in [0.05, 0.1) is 0 Å². The lowest BCUT2D eigenvalue weighted by Crippen LogP contribution is -2.27. The molecule has 2 aromatic rings. The van der Waals surface area contributed by atoms with Crippen LogP contribution in [-0.4, -0.2) is 5.78 Å². The first-order valence-corrected chi connectivity index (χ1v) is 7.94. The van der Waals surface area contributed by atoms with Gasteiger partial charge in [0.15, 0.2) is 0 Å². The largest absolute Gasteiger partial charge is 0.300 e. The molecule has 0 radical (unpaired) electrons. The van der Waals surface area contributed by atoms with Gasteiger partial charge in [-0.3, -0.25) is 4.79 Å². The van der Waals surface area contributed by atoms with E-state index in [4.69, 9.17) is 0 Å². The SMILES string of the molecule is CC(C)(CC(=O)CC(C)(C)c1ccccc1)c1ccccc1. The van der Waals surface area contributed by atoms with Crippen LogP contribution in [0.15, 0.2) is 60.7 Å².